The van der Waals surface area contributed by atoms with Gasteiger partial charge in [-0.3, -0.25) is 0 Å². The van der Waals surface area contributed by atoms with Gasteiger partial charge in [0.25, 0.3) is 0 Å². The lowest BCUT2D eigenvalue weighted by Crippen LogP contribution is -1.91. The highest BCUT2D eigenvalue weighted by molar-refractivity contribution is 5.65. The van der Waals surface area contributed by atoms with Crippen LogP contribution in [0.2, 0.25) is 0 Å². The molecule has 0 saturated heterocycles. The lowest BCUT2D eigenvalue weighted by Gasteiger charge is -2.07. The second kappa shape index (κ2) is 4.28. The Morgan fingerprint density at radius 3 is 1.82 bits per heavy atom. The standard InChI is InChI=1S/C15H14F2/c1-9-4-5-12(6-10(9)2)13-7-14(16)11(3)15(17)8-13/h4-8H,1-3H3. The van der Waals surface area contributed by atoms with Crippen LogP contribution >= 0.6 is 0 Å². The average molecular weight is 232 g/mol. The Morgan fingerprint density at radius 1 is 0.706 bits per heavy atom. The van der Waals surface area contributed by atoms with Crippen LogP contribution in [0.15, 0.2) is 30.3 Å². The third-order valence-corrected chi connectivity index (χ3v) is 3.12. The van der Waals surface area contributed by atoms with Crippen LogP contribution < -0.4 is 0 Å². The van der Waals surface area contributed by atoms with E-state index in [1.807, 2.05) is 32.0 Å². The largest absolute Gasteiger partial charge is 0.207 e. The Kier molecular flexibility index (Phi) is 2.97. The van der Waals surface area contributed by atoms with Gasteiger partial charge in [-0.1, -0.05) is 18.2 Å². The molecule has 0 bridgehead atoms. The summed E-state index contributed by atoms with van der Waals surface area (Å²) in [6.07, 6.45) is 0. The monoisotopic (exact) mass is 232 g/mol. The highest BCUT2D eigenvalue weighted by Crippen LogP contribution is 2.25. The molecule has 88 valence electrons. The van der Waals surface area contributed by atoms with Gasteiger partial charge in [-0.05, 0) is 55.2 Å². The van der Waals surface area contributed by atoms with Crippen LogP contribution in [-0.4, -0.2) is 0 Å². The minimum absolute atomic E-state index is 0.0672. The molecule has 2 aromatic rings. The van der Waals surface area contributed by atoms with Crippen LogP contribution in [0.25, 0.3) is 11.1 Å². The summed E-state index contributed by atoms with van der Waals surface area (Å²) >= 11 is 0. The van der Waals surface area contributed by atoms with E-state index in [0.29, 0.717) is 5.56 Å². The van der Waals surface area contributed by atoms with Gasteiger partial charge in [-0.15, -0.1) is 0 Å². The van der Waals surface area contributed by atoms with E-state index in [1.165, 1.54) is 24.6 Å². The van der Waals surface area contributed by atoms with Gasteiger partial charge in [0.15, 0.2) is 0 Å². The summed E-state index contributed by atoms with van der Waals surface area (Å²) in [4.78, 5) is 0. The van der Waals surface area contributed by atoms with E-state index in [9.17, 15) is 8.78 Å². The molecule has 0 aliphatic rings. The van der Waals surface area contributed by atoms with Gasteiger partial charge in [-0.25, -0.2) is 8.78 Å². The zero-order valence-electron chi connectivity index (χ0n) is 10.1. The van der Waals surface area contributed by atoms with E-state index in [-0.39, 0.29) is 5.56 Å². The van der Waals surface area contributed by atoms with E-state index >= 15 is 0 Å². The summed E-state index contributed by atoms with van der Waals surface area (Å²) in [7, 11) is 0. The Balaban J connectivity index is 2.57. The van der Waals surface area contributed by atoms with Crippen LogP contribution in [-0.2, 0) is 0 Å². The topological polar surface area (TPSA) is 0 Å². The van der Waals surface area contributed by atoms with Crippen molar-refractivity contribution in [1.29, 1.82) is 0 Å². The molecule has 0 fully saturated rings. The van der Waals surface area contributed by atoms with Gasteiger partial charge < -0.3 is 0 Å². The minimum atomic E-state index is -0.502. The summed E-state index contributed by atoms with van der Waals surface area (Å²) in [6.45, 7) is 5.43. The summed E-state index contributed by atoms with van der Waals surface area (Å²) in [5, 5.41) is 0. The fraction of sp³-hybridized carbons (Fsp3) is 0.200. The molecule has 2 aromatic carbocycles. The van der Waals surface area contributed by atoms with Crippen molar-refractivity contribution >= 4 is 0 Å². The molecule has 0 saturated carbocycles. The Hall–Kier alpha value is -1.70. The molecular formula is C15H14F2. The zero-order chi connectivity index (χ0) is 12.6. The van der Waals surface area contributed by atoms with Crippen LogP contribution in [0.3, 0.4) is 0 Å². The smallest absolute Gasteiger partial charge is 0.129 e. The zero-order valence-corrected chi connectivity index (χ0v) is 10.1. The second-order valence-corrected chi connectivity index (χ2v) is 4.36. The quantitative estimate of drug-likeness (QED) is 0.676. The molecule has 0 heterocycles. The van der Waals surface area contributed by atoms with Crippen LogP contribution in [0.4, 0.5) is 8.78 Å². The normalized spacial score (nSPS) is 10.6. The van der Waals surface area contributed by atoms with Gasteiger partial charge in [-0.2, -0.15) is 0 Å². The highest BCUT2D eigenvalue weighted by atomic mass is 19.1. The van der Waals surface area contributed by atoms with Gasteiger partial charge in [0.05, 0.1) is 0 Å². The Labute approximate surface area is 99.9 Å². The average Bonchev–Trinajstić information content (AvgIpc) is 2.29. The van der Waals surface area contributed by atoms with Gasteiger partial charge >= 0.3 is 0 Å². The molecule has 0 unspecified atom stereocenters. The first-order valence-electron chi connectivity index (χ1n) is 5.52. The van der Waals surface area contributed by atoms with Crippen molar-refractivity contribution in [3.8, 4) is 11.1 Å². The first-order chi connectivity index (χ1) is 7.99. The molecule has 2 heteroatoms. The van der Waals surface area contributed by atoms with Crippen molar-refractivity contribution in [2.75, 3.05) is 0 Å². The van der Waals surface area contributed by atoms with Gasteiger partial charge in [0.2, 0.25) is 0 Å². The van der Waals surface area contributed by atoms with E-state index in [1.54, 1.807) is 0 Å². The lowest BCUT2D eigenvalue weighted by molar-refractivity contribution is 0.569. The van der Waals surface area contributed by atoms with Crippen LogP contribution in [0.5, 0.6) is 0 Å². The van der Waals surface area contributed by atoms with E-state index < -0.39 is 11.6 Å². The molecule has 0 spiro atoms. The maximum Gasteiger partial charge on any atom is 0.129 e. The molecule has 0 nitrogen and oxygen atoms in total. The Bertz CT molecular complexity index is 548. The van der Waals surface area contributed by atoms with Crippen molar-refractivity contribution < 1.29 is 8.78 Å². The number of aryl methyl sites for hydroxylation is 2. The van der Waals surface area contributed by atoms with E-state index in [4.69, 9.17) is 0 Å². The predicted molar refractivity (Wildman–Crippen MR) is 66.0 cm³/mol. The molecule has 0 radical (unpaired) electrons. The number of hydrogen-bond acceptors (Lipinski definition) is 0. The van der Waals surface area contributed by atoms with Crippen molar-refractivity contribution in [3.05, 3.63) is 58.7 Å². The maximum atomic E-state index is 13.5. The fourth-order valence-electron chi connectivity index (χ4n) is 1.73. The number of rotatable bonds is 1. The van der Waals surface area contributed by atoms with Gasteiger partial charge in [0, 0.05) is 5.56 Å². The van der Waals surface area contributed by atoms with Crippen molar-refractivity contribution in [3.63, 3.8) is 0 Å². The third-order valence-electron chi connectivity index (χ3n) is 3.12. The highest BCUT2D eigenvalue weighted by Gasteiger charge is 2.08. The first-order valence-corrected chi connectivity index (χ1v) is 5.52. The molecule has 0 aromatic heterocycles. The van der Waals surface area contributed by atoms with Gasteiger partial charge in [0.1, 0.15) is 11.6 Å². The molecule has 0 N–H and O–H groups in total. The molecule has 0 atom stereocenters. The number of benzene rings is 2. The summed E-state index contributed by atoms with van der Waals surface area (Å²) in [6, 6.07) is 8.54. The summed E-state index contributed by atoms with van der Waals surface area (Å²) < 4.78 is 26.9. The van der Waals surface area contributed by atoms with Crippen molar-refractivity contribution in [2.45, 2.75) is 20.8 Å². The van der Waals surface area contributed by atoms with E-state index in [2.05, 4.69) is 0 Å². The van der Waals surface area contributed by atoms with E-state index in [0.717, 1.165) is 11.1 Å². The summed E-state index contributed by atoms with van der Waals surface area (Å²) in [5.41, 5.74) is 3.77. The molecular weight excluding hydrogens is 218 g/mol. The second-order valence-electron chi connectivity index (χ2n) is 4.36. The number of halogens is 2. The minimum Gasteiger partial charge on any atom is -0.207 e. The molecule has 2 rings (SSSR count). The molecule has 0 aliphatic carbocycles. The van der Waals surface area contributed by atoms with Crippen LogP contribution in [0.1, 0.15) is 16.7 Å². The fourth-order valence-corrected chi connectivity index (χ4v) is 1.73. The SMILES string of the molecule is Cc1ccc(-c2cc(F)c(C)c(F)c2)cc1C. The third kappa shape index (κ3) is 2.21. The number of hydrogen-bond donors (Lipinski definition) is 0. The summed E-state index contributed by atoms with van der Waals surface area (Å²) in [5.74, 6) is -1.00. The molecule has 0 aliphatic heterocycles. The van der Waals surface area contributed by atoms with Crippen molar-refractivity contribution in [2.24, 2.45) is 0 Å². The lowest BCUT2D eigenvalue weighted by atomic mass is 9.99. The van der Waals surface area contributed by atoms with Crippen LogP contribution in [0, 0.1) is 32.4 Å². The maximum absolute atomic E-state index is 13.5. The molecule has 17 heavy (non-hydrogen) atoms. The Morgan fingerprint density at radius 2 is 1.29 bits per heavy atom. The first kappa shape index (κ1) is 11.8. The van der Waals surface area contributed by atoms with Crippen molar-refractivity contribution in [1.82, 2.24) is 0 Å². The molecule has 0 amide bonds. The predicted octanol–water partition coefficient (Wildman–Crippen LogP) is 4.56.